The lowest BCUT2D eigenvalue weighted by Crippen LogP contribution is -2.41. The number of rotatable bonds is 7. The molecule has 5 nitrogen and oxygen atoms in total. The van der Waals surface area contributed by atoms with Crippen molar-refractivity contribution in [3.05, 3.63) is 0 Å². The molecule has 0 aromatic carbocycles. The second kappa shape index (κ2) is 6.60. The van der Waals surface area contributed by atoms with Crippen molar-refractivity contribution in [2.75, 3.05) is 18.1 Å². The molecule has 0 fully saturated rings. The first-order valence-corrected chi connectivity index (χ1v) is 7.59. The van der Waals surface area contributed by atoms with Crippen molar-refractivity contribution in [3.63, 3.8) is 0 Å². The SMILES string of the molecule is CCC(C#N)(CC)C(=O)NCCS(=O)(=O)CC. The van der Waals surface area contributed by atoms with Gasteiger partial charge in [0.1, 0.15) is 5.41 Å². The summed E-state index contributed by atoms with van der Waals surface area (Å²) in [6.45, 7) is 5.18. The third-order valence-corrected chi connectivity index (χ3v) is 4.70. The molecule has 17 heavy (non-hydrogen) atoms. The molecule has 0 saturated carbocycles. The van der Waals surface area contributed by atoms with E-state index in [1.807, 2.05) is 6.07 Å². The Hall–Kier alpha value is -1.09. The summed E-state index contributed by atoms with van der Waals surface area (Å²) in [5.74, 6) is -0.394. The Morgan fingerprint density at radius 1 is 1.29 bits per heavy atom. The van der Waals surface area contributed by atoms with Crippen LogP contribution in [0.2, 0.25) is 0 Å². The Bertz CT molecular complexity index is 391. The Labute approximate surface area is 103 Å². The van der Waals surface area contributed by atoms with Crippen LogP contribution in [0.4, 0.5) is 0 Å². The lowest BCUT2D eigenvalue weighted by atomic mass is 9.83. The largest absolute Gasteiger partial charge is 0.354 e. The van der Waals surface area contributed by atoms with Crippen LogP contribution in [0.1, 0.15) is 33.6 Å². The van der Waals surface area contributed by atoms with E-state index in [1.165, 1.54) is 0 Å². The summed E-state index contributed by atoms with van der Waals surface area (Å²) in [6.07, 6.45) is 0.846. The average Bonchev–Trinajstić information content (AvgIpc) is 2.32. The highest BCUT2D eigenvalue weighted by Gasteiger charge is 2.34. The molecule has 1 N–H and O–H groups in total. The predicted molar refractivity (Wildman–Crippen MR) is 66.0 cm³/mol. The Kier molecular flexibility index (Phi) is 6.18. The number of nitrogens with zero attached hydrogens (tertiary/aromatic N) is 1. The molecule has 1 amide bonds. The van der Waals surface area contributed by atoms with Gasteiger partial charge in [-0.15, -0.1) is 0 Å². The molecule has 0 atom stereocenters. The maximum atomic E-state index is 11.8. The number of hydrogen-bond donors (Lipinski definition) is 1. The molecule has 6 heteroatoms. The van der Waals surface area contributed by atoms with Crippen LogP contribution in [0.15, 0.2) is 0 Å². The zero-order chi connectivity index (χ0) is 13.5. The van der Waals surface area contributed by atoms with Gasteiger partial charge in [0.05, 0.1) is 11.8 Å². The van der Waals surface area contributed by atoms with Crippen molar-refractivity contribution in [2.45, 2.75) is 33.6 Å². The van der Waals surface area contributed by atoms with Gasteiger partial charge in [-0.1, -0.05) is 20.8 Å². The molecular formula is C11H20N2O3S. The zero-order valence-corrected chi connectivity index (χ0v) is 11.4. The van der Waals surface area contributed by atoms with Crippen LogP contribution in [0.3, 0.4) is 0 Å². The lowest BCUT2D eigenvalue weighted by Gasteiger charge is -2.21. The first-order valence-electron chi connectivity index (χ1n) is 5.77. The second-order valence-corrected chi connectivity index (χ2v) is 6.37. The van der Waals surface area contributed by atoms with E-state index >= 15 is 0 Å². The minimum absolute atomic E-state index is 0.0633. The summed E-state index contributed by atoms with van der Waals surface area (Å²) in [4.78, 5) is 11.8. The van der Waals surface area contributed by atoms with Gasteiger partial charge >= 0.3 is 0 Å². The molecule has 0 aromatic heterocycles. The van der Waals surface area contributed by atoms with E-state index in [9.17, 15) is 13.2 Å². The van der Waals surface area contributed by atoms with Gasteiger partial charge in [0.2, 0.25) is 5.91 Å². The fourth-order valence-corrected chi connectivity index (χ4v) is 2.12. The molecule has 98 valence electrons. The van der Waals surface area contributed by atoms with Gasteiger partial charge in [-0.25, -0.2) is 8.42 Å². The van der Waals surface area contributed by atoms with E-state index in [0.717, 1.165) is 0 Å². The van der Waals surface area contributed by atoms with Gasteiger partial charge in [-0.2, -0.15) is 5.26 Å². The summed E-state index contributed by atoms with van der Waals surface area (Å²) in [6, 6.07) is 2.01. The van der Waals surface area contributed by atoms with E-state index in [4.69, 9.17) is 5.26 Å². The van der Waals surface area contributed by atoms with Crippen LogP contribution in [0.5, 0.6) is 0 Å². The topological polar surface area (TPSA) is 87.0 Å². The number of amides is 1. The summed E-state index contributed by atoms with van der Waals surface area (Å²) >= 11 is 0. The number of nitriles is 1. The smallest absolute Gasteiger partial charge is 0.240 e. The molecule has 0 bridgehead atoms. The first-order chi connectivity index (χ1) is 7.87. The molecule has 0 radical (unpaired) electrons. The number of sulfone groups is 1. The molecule has 0 rings (SSSR count). The Balaban J connectivity index is 4.42. The summed E-state index contributed by atoms with van der Waals surface area (Å²) in [5.41, 5.74) is -1.03. The predicted octanol–water partition coefficient (Wildman–Crippen LogP) is 0.867. The third kappa shape index (κ3) is 4.35. The number of carbonyl (C=O) groups excluding carboxylic acids is 1. The Morgan fingerprint density at radius 3 is 2.18 bits per heavy atom. The molecule has 0 spiro atoms. The zero-order valence-electron chi connectivity index (χ0n) is 10.6. The molecule has 0 aliphatic rings. The van der Waals surface area contributed by atoms with Crippen LogP contribution in [0.25, 0.3) is 0 Å². The molecule has 0 aliphatic heterocycles. The van der Waals surface area contributed by atoms with Gasteiger partial charge in [0.15, 0.2) is 9.84 Å². The van der Waals surface area contributed by atoms with Crippen molar-refractivity contribution in [3.8, 4) is 6.07 Å². The van der Waals surface area contributed by atoms with Gasteiger partial charge in [0, 0.05) is 12.3 Å². The Morgan fingerprint density at radius 2 is 1.82 bits per heavy atom. The summed E-state index contributed by atoms with van der Waals surface area (Å²) in [5, 5.41) is 11.5. The van der Waals surface area contributed by atoms with Gasteiger partial charge in [-0.3, -0.25) is 4.79 Å². The summed E-state index contributed by atoms with van der Waals surface area (Å²) < 4.78 is 22.4. The summed E-state index contributed by atoms with van der Waals surface area (Å²) in [7, 11) is -3.08. The number of carbonyl (C=O) groups is 1. The van der Waals surface area contributed by atoms with Crippen molar-refractivity contribution in [1.29, 1.82) is 5.26 Å². The highest BCUT2D eigenvalue weighted by molar-refractivity contribution is 7.91. The van der Waals surface area contributed by atoms with Crippen LogP contribution in [0, 0.1) is 16.7 Å². The normalized spacial score (nSPS) is 11.9. The van der Waals surface area contributed by atoms with Crippen LogP contribution >= 0.6 is 0 Å². The van der Waals surface area contributed by atoms with Gasteiger partial charge in [-0.05, 0) is 12.8 Å². The highest BCUT2D eigenvalue weighted by atomic mass is 32.2. The maximum absolute atomic E-state index is 11.8. The first kappa shape index (κ1) is 15.9. The molecule has 0 aromatic rings. The third-order valence-electron chi connectivity index (χ3n) is 2.99. The fraction of sp³-hybridized carbons (Fsp3) is 0.818. The van der Waals surface area contributed by atoms with Crippen LogP contribution in [-0.2, 0) is 14.6 Å². The second-order valence-electron chi connectivity index (χ2n) is 3.89. The number of nitrogens with one attached hydrogen (secondary N) is 1. The quantitative estimate of drug-likeness (QED) is 0.735. The van der Waals surface area contributed by atoms with Crippen molar-refractivity contribution >= 4 is 15.7 Å². The van der Waals surface area contributed by atoms with E-state index in [1.54, 1.807) is 20.8 Å². The minimum atomic E-state index is -3.08. The van der Waals surface area contributed by atoms with E-state index < -0.39 is 15.3 Å². The maximum Gasteiger partial charge on any atom is 0.240 e. The van der Waals surface area contributed by atoms with Gasteiger partial charge in [0.25, 0.3) is 0 Å². The van der Waals surface area contributed by atoms with Crippen molar-refractivity contribution in [1.82, 2.24) is 5.32 Å². The average molecular weight is 260 g/mol. The van der Waals surface area contributed by atoms with E-state index in [-0.39, 0.29) is 24.0 Å². The number of hydrogen-bond acceptors (Lipinski definition) is 4. The van der Waals surface area contributed by atoms with Crippen molar-refractivity contribution < 1.29 is 13.2 Å². The monoisotopic (exact) mass is 260 g/mol. The van der Waals surface area contributed by atoms with Crippen LogP contribution < -0.4 is 5.32 Å². The molecular weight excluding hydrogens is 240 g/mol. The van der Waals surface area contributed by atoms with Crippen LogP contribution in [-0.4, -0.2) is 32.4 Å². The van der Waals surface area contributed by atoms with Crippen molar-refractivity contribution in [2.24, 2.45) is 5.41 Å². The molecule has 0 aliphatic carbocycles. The standard InChI is InChI=1S/C11H20N2O3S/c1-4-11(5-2,9-12)10(14)13-7-8-17(15,16)6-3/h4-8H2,1-3H3,(H,13,14). The van der Waals surface area contributed by atoms with E-state index in [2.05, 4.69) is 5.32 Å². The van der Waals surface area contributed by atoms with Gasteiger partial charge < -0.3 is 5.32 Å². The molecule has 0 saturated heterocycles. The minimum Gasteiger partial charge on any atom is -0.354 e. The molecule has 0 unspecified atom stereocenters. The fourth-order valence-electron chi connectivity index (χ4n) is 1.41. The molecule has 0 heterocycles. The lowest BCUT2D eigenvalue weighted by molar-refractivity contribution is -0.128. The van der Waals surface area contributed by atoms with E-state index in [0.29, 0.717) is 12.8 Å². The highest BCUT2D eigenvalue weighted by Crippen LogP contribution is 2.25.